The van der Waals surface area contributed by atoms with Gasteiger partial charge in [-0.05, 0) is 25.0 Å². The van der Waals surface area contributed by atoms with Gasteiger partial charge in [0.15, 0.2) is 15.4 Å². The van der Waals surface area contributed by atoms with Gasteiger partial charge in [0.2, 0.25) is 5.91 Å². The molecular weight excluding hydrogens is 348 g/mol. The van der Waals surface area contributed by atoms with Crippen molar-refractivity contribution in [3.63, 3.8) is 0 Å². The van der Waals surface area contributed by atoms with Crippen molar-refractivity contribution >= 4 is 38.6 Å². The minimum Gasteiger partial charge on any atom is -0.431 e. The number of amides is 1. The first-order valence-corrected chi connectivity index (χ1v) is 10.8. The molecule has 1 atom stereocenters. The Morgan fingerprint density at radius 1 is 1.42 bits per heavy atom. The normalized spacial score (nSPS) is 19.6. The van der Waals surface area contributed by atoms with Crippen LogP contribution in [0.2, 0.25) is 0 Å². The fraction of sp³-hybridized carbons (Fsp3) is 0.500. The smallest absolute Gasteiger partial charge is 0.257 e. The second-order valence-electron chi connectivity index (χ2n) is 5.88. The van der Waals surface area contributed by atoms with Gasteiger partial charge in [0, 0.05) is 12.6 Å². The van der Waals surface area contributed by atoms with Crippen LogP contribution in [0.4, 0.5) is 0 Å². The minimum atomic E-state index is -3.01. The topological polar surface area (TPSA) is 80.5 Å². The first-order chi connectivity index (χ1) is 11.5. The molecule has 1 aliphatic heterocycles. The Morgan fingerprint density at radius 3 is 2.88 bits per heavy atom. The maximum atomic E-state index is 12.6. The van der Waals surface area contributed by atoms with E-state index in [9.17, 15) is 13.2 Å². The molecule has 0 bridgehead atoms. The van der Waals surface area contributed by atoms with E-state index in [1.807, 2.05) is 31.2 Å². The van der Waals surface area contributed by atoms with Crippen molar-refractivity contribution in [2.75, 3.05) is 23.8 Å². The zero-order chi connectivity index (χ0) is 17.2. The number of carbonyl (C=O) groups is 1. The third-order valence-corrected chi connectivity index (χ3v) is 6.59. The van der Waals surface area contributed by atoms with Gasteiger partial charge in [0.25, 0.3) is 5.22 Å². The Kier molecular flexibility index (Phi) is 5.15. The van der Waals surface area contributed by atoms with Gasteiger partial charge in [0.05, 0.1) is 17.3 Å². The SMILES string of the molecule is CCCN(C(=O)CSc1nc2ccccc2o1)[C@@H]1CCS(=O)(=O)C1. The summed E-state index contributed by atoms with van der Waals surface area (Å²) in [5.74, 6) is 0.380. The van der Waals surface area contributed by atoms with Crippen molar-refractivity contribution in [1.82, 2.24) is 9.88 Å². The molecule has 24 heavy (non-hydrogen) atoms. The summed E-state index contributed by atoms with van der Waals surface area (Å²) in [6.07, 6.45) is 1.33. The minimum absolute atomic E-state index is 0.0637. The molecule has 0 N–H and O–H groups in total. The third kappa shape index (κ3) is 3.92. The third-order valence-electron chi connectivity index (χ3n) is 4.03. The number of nitrogens with zero attached hydrogens (tertiary/aromatic N) is 2. The van der Waals surface area contributed by atoms with E-state index in [1.54, 1.807) is 4.90 Å². The molecule has 1 aromatic carbocycles. The predicted molar refractivity (Wildman–Crippen MR) is 93.8 cm³/mol. The van der Waals surface area contributed by atoms with Crippen molar-refractivity contribution in [1.29, 1.82) is 0 Å². The Morgan fingerprint density at radius 2 is 2.21 bits per heavy atom. The molecule has 1 amide bonds. The summed E-state index contributed by atoms with van der Waals surface area (Å²) in [6, 6.07) is 7.25. The molecule has 0 aliphatic carbocycles. The van der Waals surface area contributed by atoms with Crippen LogP contribution in [-0.2, 0) is 14.6 Å². The molecule has 1 saturated heterocycles. The fourth-order valence-electron chi connectivity index (χ4n) is 2.89. The molecular formula is C16H20N2O4S2. The molecule has 2 aromatic rings. The van der Waals surface area contributed by atoms with E-state index in [2.05, 4.69) is 4.98 Å². The number of sulfone groups is 1. The van der Waals surface area contributed by atoms with E-state index < -0.39 is 9.84 Å². The van der Waals surface area contributed by atoms with Crippen molar-refractivity contribution in [3.8, 4) is 0 Å². The van der Waals surface area contributed by atoms with Gasteiger partial charge in [-0.25, -0.2) is 13.4 Å². The van der Waals surface area contributed by atoms with E-state index in [0.717, 1.165) is 11.9 Å². The van der Waals surface area contributed by atoms with Crippen LogP contribution in [0.5, 0.6) is 0 Å². The predicted octanol–water partition coefficient (Wildman–Crippen LogP) is 2.35. The lowest BCUT2D eigenvalue weighted by atomic mass is 10.2. The second-order valence-corrected chi connectivity index (χ2v) is 9.04. The summed E-state index contributed by atoms with van der Waals surface area (Å²) in [6.45, 7) is 2.56. The monoisotopic (exact) mass is 368 g/mol. The summed E-state index contributed by atoms with van der Waals surface area (Å²) in [7, 11) is -3.01. The lowest BCUT2D eigenvalue weighted by Gasteiger charge is -2.27. The average molecular weight is 368 g/mol. The van der Waals surface area contributed by atoms with E-state index in [4.69, 9.17) is 4.42 Å². The summed E-state index contributed by atoms with van der Waals surface area (Å²) < 4.78 is 29.0. The Balaban J connectivity index is 1.65. The van der Waals surface area contributed by atoms with Gasteiger partial charge in [-0.2, -0.15) is 0 Å². The molecule has 1 fully saturated rings. The van der Waals surface area contributed by atoms with Crippen LogP contribution >= 0.6 is 11.8 Å². The molecule has 6 nitrogen and oxygen atoms in total. The molecule has 1 aliphatic rings. The summed E-state index contributed by atoms with van der Waals surface area (Å²) in [5, 5.41) is 0.458. The molecule has 0 spiro atoms. The Bertz CT molecular complexity index is 798. The van der Waals surface area contributed by atoms with Crippen LogP contribution < -0.4 is 0 Å². The van der Waals surface area contributed by atoms with Crippen LogP contribution in [0.3, 0.4) is 0 Å². The number of oxazole rings is 1. The van der Waals surface area contributed by atoms with Gasteiger partial charge in [-0.1, -0.05) is 30.8 Å². The van der Waals surface area contributed by atoms with E-state index in [-0.39, 0.29) is 29.2 Å². The van der Waals surface area contributed by atoms with Gasteiger partial charge in [-0.3, -0.25) is 4.79 Å². The van der Waals surface area contributed by atoms with Gasteiger partial charge < -0.3 is 9.32 Å². The molecule has 0 saturated carbocycles. The second kappa shape index (κ2) is 7.14. The molecule has 0 radical (unpaired) electrons. The van der Waals surface area contributed by atoms with Crippen molar-refractivity contribution in [2.45, 2.75) is 31.0 Å². The molecule has 0 unspecified atom stereocenters. The fourth-order valence-corrected chi connectivity index (χ4v) is 5.35. The summed E-state index contributed by atoms with van der Waals surface area (Å²) in [5.41, 5.74) is 1.46. The lowest BCUT2D eigenvalue weighted by Crippen LogP contribution is -2.42. The Hall–Kier alpha value is -1.54. The highest BCUT2D eigenvalue weighted by Crippen LogP contribution is 2.25. The number of thioether (sulfide) groups is 1. The molecule has 2 heterocycles. The first-order valence-electron chi connectivity index (χ1n) is 7.97. The number of rotatable bonds is 6. The quantitative estimate of drug-likeness (QED) is 0.728. The highest BCUT2D eigenvalue weighted by molar-refractivity contribution is 7.99. The number of para-hydroxylation sites is 2. The van der Waals surface area contributed by atoms with E-state index in [1.165, 1.54) is 11.8 Å². The number of aromatic nitrogens is 1. The summed E-state index contributed by atoms with van der Waals surface area (Å²) >= 11 is 1.25. The number of benzene rings is 1. The van der Waals surface area contributed by atoms with Gasteiger partial charge >= 0.3 is 0 Å². The van der Waals surface area contributed by atoms with Crippen LogP contribution in [-0.4, -0.2) is 54.1 Å². The van der Waals surface area contributed by atoms with Crippen LogP contribution in [0.25, 0.3) is 11.1 Å². The molecule has 1 aromatic heterocycles. The Labute approximate surface area is 145 Å². The van der Waals surface area contributed by atoms with E-state index in [0.29, 0.717) is 23.8 Å². The standard InChI is InChI=1S/C16H20N2O4S2/c1-2-8-18(12-7-9-24(20,21)11-12)15(19)10-23-16-17-13-5-3-4-6-14(13)22-16/h3-6,12H,2,7-11H2,1H3/t12-/m1/s1. The molecule has 3 rings (SSSR count). The largest absolute Gasteiger partial charge is 0.431 e. The maximum absolute atomic E-state index is 12.6. The van der Waals surface area contributed by atoms with Crippen molar-refractivity contribution in [2.24, 2.45) is 0 Å². The maximum Gasteiger partial charge on any atom is 0.257 e. The highest BCUT2D eigenvalue weighted by atomic mass is 32.2. The van der Waals surface area contributed by atoms with Crippen LogP contribution in [0, 0.1) is 0 Å². The number of fused-ring (bicyclic) bond motifs is 1. The van der Waals surface area contributed by atoms with Gasteiger partial charge in [0.1, 0.15) is 5.52 Å². The average Bonchev–Trinajstić information content (AvgIpc) is 3.12. The van der Waals surface area contributed by atoms with Crippen LogP contribution in [0.15, 0.2) is 33.9 Å². The van der Waals surface area contributed by atoms with Crippen LogP contribution in [0.1, 0.15) is 19.8 Å². The van der Waals surface area contributed by atoms with Crippen molar-refractivity contribution in [3.05, 3.63) is 24.3 Å². The first kappa shape index (κ1) is 17.3. The van der Waals surface area contributed by atoms with Gasteiger partial charge in [-0.15, -0.1) is 0 Å². The zero-order valence-corrected chi connectivity index (χ0v) is 15.1. The molecule has 130 valence electrons. The number of carbonyl (C=O) groups excluding carboxylic acids is 1. The lowest BCUT2D eigenvalue weighted by molar-refractivity contribution is -0.130. The van der Waals surface area contributed by atoms with E-state index >= 15 is 0 Å². The highest BCUT2D eigenvalue weighted by Gasteiger charge is 2.34. The number of hydrogen-bond donors (Lipinski definition) is 0. The zero-order valence-electron chi connectivity index (χ0n) is 13.5. The summed E-state index contributed by atoms with van der Waals surface area (Å²) in [4.78, 5) is 18.6. The molecule has 8 heteroatoms. The number of hydrogen-bond acceptors (Lipinski definition) is 6. The van der Waals surface area contributed by atoms with Crippen molar-refractivity contribution < 1.29 is 17.6 Å².